The maximum Gasteiger partial charge on any atom is 0.271 e. The summed E-state index contributed by atoms with van der Waals surface area (Å²) in [6.07, 6.45) is 1.74. The molecule has 5 heteroatoms. The zero-order chi connectivity index (χ0) is 17.0. The van der Waals surface area contributed by atoms with Crippen molar-refractivity contribution in [1.29, 1.82) is 0 Å². The zero-order valence-electron chi connectivity index (χ0n) is 13.4. The van der Waals surface area contributed by atoms with Crippen LogP contribution < -0.4 is 5.32 Å². The number of carbonyl (C=O) groups is 1. The van der Waals surface area contributed by atoms with E-state index < -0.39 is 5.60 Å². The lowest BCUT2D eigenvalue weighted by Crippen LogP contribution is -2.38. The normalized spacial score (nSPS) is 13.2. The maximum absolute atomic E-state index is 12.3. The van der Waals surface area contributed by atoms with Crippen LogP contribution in [0.15, 0.2) is 72.9 Å². The quantitative estimate of drug-likeness (QED) is 0.759. The van der Waals surface area contributed by atoms with Gasteiger partial charge in [0.1, 0.15) is 5.60 Å². The Morgan fingerprint density at radius 3 is 2.38 bits per heavy atom. The fourth-order valence-corrected chi connectivity index (χ4v) is 2.41. The third kappa shape index (κ3) is 3.52. The molecule has 2 aromatic carbocycles. The summed E-state index contributed by atoms with van der Waals surface area (Å²) in [4.78, 5) is 12.3. The summed E-state index contributed by atoms with van der Waals surface area (Å²) in [6.45, 7) is 1.78. The maximum atomic E-state index is 12.3. The molecule has 0 aliphatic rings. The molecule has 1 atom stereocenters. The Labute approximate surface area is 140 Å². The number of aliphatic hydroxyl groups is 1. The monoisotopic (exact) mass is 321 g/mol. The SMILES string of the molecule is CC(O)(CNC(=O)c1ccn(-c2ccccc2)n1)c1ccccc1. The van der Waals surface area contributed by atoms with E-state index >= 15 is 0 Å². The van der Waals surface area contributed by atoms with Crippen LogP contribution in [-0.4, -0.2) is 27.3 Å². The number of amides is 1. The summed E-state index contributed by atoms with van der Waals surface area (Å²) in [5.41, 5.74) is 0.800. The predicted molar refractivity (Wildman–Crippen MR) is 91.9 cm³/mol. The number of aromatic nitrogens is 2. The zero-order valence-corrected chi connectivity index (χ0v) is 13.4. The number of hydrogen-bond donors (Lipinski definition) is 2. The van der Waals surface area contributed by atoms with Gasteiger partial charge in [-0.15, -0.1) is 0 Å². The molecule has 5 nitrogen and oxygen atoms in total. The Hall–Kier alpha value is -2.92. The summed E-state index contributed by atoms with van der Waals surface area (Å²) in [7, 11) is 0. The van der Waals surface area contributed by atoms with Crippen molar-refractivity contribution in [3.05, 3.63) is 84.2 Å². The highest BCUT2D eigenvalue weighted by molar-refractivity contribution is 5.92. The van der Waals surface area contributed by atoms with Crippen molar-refractivity contribution < 1.29 is 9.90 Å². The molecule has 24 heavy (non-hydrogen) atoms. The highest BCUT2D eigenvalue weighted by Crippen LogP contribution is 2.19. The van der Waals surface area contributed by atoms with Gasteiger partial charge < -0.3 is 10.4 Å². The fourth-order valence-electron chi connectivity index (χ4n) is 2.41. The van der Waals surface area contributed by atoms with Crippen molar-refractivity contribution in [2.24, 2.45) is 0 Å². The van der Waals surface area contributed by atoms with E-state index in [0.29, 0.717) is 5.69 Å². The number of nitrogens with zero attached hydrogens (tertiary/aromatic N) is 2. The Kier molecular flexibility index (Phi) is 4.44. The molecule has 122 valence electrons. The molecule has 0 saturated heterocycles. The number of hydrogen-bond acceptors (Lipinski definition) is 3. The predicted octanol–water partition coefficient (Wildman–Crippen LogP) is 2.51. The molecule has 3 aromatic rings. The highest BCUT2D eigenvalue weighted by Gasteiger charge is 2.24. The van der Waals surface area contributed by atoms with Crippen molar-refractivity contribution >= 4 is 5.91 Å². The number of benzene rings is 2. The van der Waals surface area contributed by atoms with Crippen molar-refractivity contribution in [2.45, 2.75) is 12.5 Å². The second-order valence-corrected chi connectivity index (χ2v) is 5.80. The first kappa shape index (κ1) is 16.0. The first-order valence-corrected chi connectivity index (χ1v) is 7.73. The van der Waals surface area contributed by atoms with Crippen molar-refractivity contribution in [3.63, 3.8) is 0 Å². The van der Waals surface area contributed by atoms with E-state index in [-0.39, 0.29) is 12.5 Å². The topological polar surface area (TPSA) is 67.2 Å². The van der Waals surface area contributed by atoms with Crippen LogP contribution in [0.2, 0.25) is 0 Å². The van der Waals surface area contributed by atoms with Crippen molar-refractivity contribution in [1.82, 2.24) is 15.1 Å². The highest BCUT2D eigenvalue weighted by atomic mass is 16.3. The summed E-state index contributed by atoms with van der Waals surface area (Å²) in [5.74, 6) is -0.319. The van der Waals surface area contributed by atoms with E-state index in [1.54, 1.807) is 23.9 Å². The Morgan fingerprint density at radius 2 is 1.71 bits per heavy atom. The van der Waals surface area contributed by atoms with Crippen molar-refractivity contribution in [3.8, 4) is 5.69 Å². The minimum absolute atomic E-state index is 0.105. The van der Waals surface area contributed by atoms with E-state index in [4.69, 9.17) is 0 Å². The van der Waals surface area contributed by atoms with Gasteiger partial charge in [-0.05, 0) is 30.7 Å². The van der Waals surface area contributed by atoms with Crippen LogP contribution >= 0.6 is 0 Å². The molecule has 1 aromatic heterocycles. The van der Waals surface area contributed by atoms with Crippen LogP contribution in [0, 0.1) is 0 Å². The average Bonchev–Trinajstić information content (AvgIpc) is 3.11. The largest absolute Gasteiger partial charge is 0.384 e. The first-order chi connectivity index (χ1) is 11.6. The molecule has 0 fully saturated rings. The lowest BCUT2D eigenvalue weighted by Gasteiger charge is -2.24. The van der Waals surface area contributed by atoms with Gasteiger partial charge in [-0.3, -0.25) is 4.79 Å². The van der Waals surface area contributed by atoms with Crippen LogP contribution in [0.4, 0.5) is 0 Å². The van der Waals surface area contributed by atoms with Gasteiger partial charge in [0.05, 0.1) is 12.2 Å². The third-order valence-corrected chi connectivity index (χ3v) is 3.83. The summed E-state index contributed by atoms with van der Waals surface area (Å²) in [5, 5.41) is 17.5. The lowest BCUT2D eigenvalue weighted by atomic mass is 9.96. The van der Waals surface area contributed by atoms with Crippen LogP contribution in [0.1, 0.15) is 23.0 Å². The Bertz CT molecular complexity index is 811. The fraction of sp³-hybridized carbons (Fsp3) is 0.158. The summed E-state index contributed by atoms with van der Waals surface area (Å²) >= 11 is 0. The van der Waals surface area contributed by atoms with Gasteiger partial charge in [-0.25, -0.2) is 4.68 Å². The lowest BCUT2D eigenvalue weighted by molar-refractivity contribution is 0.0525. The van der Waals surface area contributed by atoms with E-state index in [0.717, 1.165) is 11.3 Å². The number of rotatable bonds is 5. The van der Waals surface area contributed by atoms with E-state index in [1.807, 2.05) is 60.7 Å². The minimum Gasteiger partial charge on any atom is -0.384 e. The summed E-state index contributed by atoms with van der Waals surface area (Å²) < 4.78 is 1.64. The summed E-state index contributed by atoms with van der Waals surface area (Å²) in [6, 6.07) is 20.5. The Balaban J connectivity index is 1.67. The minimum atomic E-state index is -1.14. The van der Waals surface area contributed by atoms with Crippen molar-refractivity contribution in [2.75, 3.05) is 6.54 Å². The molecule has 2 N–H and O–H groups in total. The van der Waals surface area contributed by atoms with Crippen LogP contribution in [0.3, 0.4) is 0 Å². The second kappa shape index (κ2) is 6.68. The van der Waals surface area contributed by atoms with Gasteiger partial charge in [-0.1, -0.05) is 48.5 Å². The first-order valence-electron chi connectivity index (χ1n) is 7.73. The molecule has 0 radical (unpaired) electrons. The van der Waals surface area contributed by atoms with Crippen LogP contribution in [0.5, 0.6) is 0 Å². The molecule has 0 spiro atoms. The molecule has 1 unspecified atom stereocenters. The van der Waals surface area contributed by atoms with Gasteiger partial charge in [0, 0.05) is 6.20 Å². The van der Waals surface area contributed by atoms with E-state index in [9.17, 15) is 9.90 Å². The molecular weight excluding hydrogens is 302 g/mol. The molecule has 1 heterocycles. The van der Waals surface area contributed by atoms with Crippen LogP contribution in [-0.2, 0) is 5.60 Å². The van der Waals surface area contributed by atoms with Gasteiger partial charge in [0.25, 0.3) is 5.91 Å². The smallest absolute Gasteiger partial charge is 0.271 e. The molecule has 3 rings (SSSR count). The third-order valence-electron chi connectivity index (χ3n) is 3.83. The van der Waals surface area contributed by atoms with Gasteiger partial charge in [-0.2, -0.15) is 5.10 Å². The Morgan fingerprint density at radius 1 is 1.08 bits per heavy atom. The molecular formula is C19H19N3O2. The number of nitrogens with one attached hydrogen (secondary N) is 1. The van der Waals surface area contributed by atoms with E-state index in [2.05, 4.69) is 10.4 Å². The molecule has 1 amide bonds. The average molecular weight is 321 g/mol. The number of para-hydroxylation sites is 1. The molecule has 0 aliphatic heterocycles. The number of carbonyl (C=O) groups excluding carboxylic acids is 1. The standard InChI is InChI=1S/C19H19N3O2/c1-19(24,15-8-4-2-5-9-15)14-20-18(23)17-12-13-22(21-17)16-10-6-3-7-11-16/h2-13,24H,14H2,1H3,(H,20,23). The second-order valence-electron chi connectivity index (χ2n) is 5.80. The van der Waals surface area contributed by atoms with Gasteiger partial charge in [0.15, 0.2) is 5.69 Å². The molecule has 0 bridgehead atoms. The molecule has 0 saturated carbocycles. The van der Waals surface area contributed by atoms with Gasteiger partial charge in [0.2, 0.25) is 0 Å². The van der Waals surface area contributed by atoms with Crippen LogP contribution in [0.25, 0.3) is 5.69 Å². The molecule has 0 aliphatic carbocycles. The van der Waals surface area contributed by atoms with Gasteiger partial charge >= 0.3 is 0 Å². The van der Waals surface area contributed by atoms with E-state index in [1.165, 1.54) is 0 Å².